The van der Waals surface area contributed by atoms with Crippen LogP contribution in [0.15, 0.2) is 54.9 Å². The largest absolute Gasteiger partial charge is 0.358 e. The quantitative estimate of drug-likeness (QED) is 0.723. The van der Waals surface area contributed by atoms with Gasteiger partial charge in [0.1, 0.15) is 0 Å². The monoisotopic (exact) mass is 222 g/mol. The Hall–Kier alpha value is -2.09. The highest BCUT2D eigenvalue weighted by Crippen LogP contribution is 2.15. The Labute approximate surface area is 100 Å². The van der Waals surface area contributed by atoms with Crippen LogP contribution in [0.1, 0.15) is 11.3 Å². The first kappa shape index (κ1) is 10.1. The van der Waals surface area contributed by atoms with Crippen molar-refractivity contribution in [2.75, 3.05) is 0 Å². The number of pyridine rings is 1. The van der Waals surface area contributed by atoms with Gasteiger partial charge in [0.2, 0.25) is 0 Å². The van der Waals surface area contributed by atoms with Crippen LogP contribution < -0.4 is 0 Å². The van der Waals surface area contributed by atoms with E-state index < -0.39 is 0 Å². The first-order chi connectivity index (χ1) is 8.42. The number of benzene rings is 1. The number of aromatic nitrogens is 2. The van der Waals surface area contributed by atoms with Crippen LogP contribution in [0.4, 0.5) is 0 Å². The lowest BCUT2D eigenvalue weighted by Crippen LogP contribution is -1.91. The minimum atomic E-state index is 1.04. The minimum Gasteiger partial charge on any atom is -0.358 e. The molecule has 2 heteroatoms. The molecule has 17 heavy (non-hydrogen) atoms. The van der Waals surface area contributed by atoms with Crippen molar-refractivity contribution in [3.8, 4) is 0 Å². The van der Waals surface area contributed by atoms with Crippen LogP contribution in [0.3, 0.4) is 0 Å². The molecule has 0 radical (unpaired) electrons. The molecule has 1 aromatic carbocycles. The van der Waals surface area contributed by atoms with Gasteiger partial charge >= 0.3 is 0 Å². The second-order valence-corrected chi connectivity index (χ2v) is 4.24. The van der Waals surface area contributed by atoms with E-state index in [1.54, 1.807) is 0 Å². The molecular formula is C15H14N2. The van der Waals surface area contributed by atoms with Crippen molar-refractivity contribution in [2.45, 2.75) is 12.8 Å². The number of para-hydroxylation sites is 1. The van der Waals surface area contributed by atoms with Gasteiger partial charge in [0.25, 0.3) is 0 Å². The van der Waals surface area contributed by atoms with Crippen LogP contribution in [0.2, 0.25) is 0 Å². The molecule has 0 aliphatic heterocycles. The third kappa shape index (κ3) is 2.21. The number of fused-ring (bicyclic) bond motifs is 1. The Morgan fingerprint density at radius 2 is 1.76 bits per heavy atom. The summed E-state index contributed by atoms with van der Waals surface area (Å²) in [7, 11) is 0. The van der Waals surface area contributed by atoms with Crippen LogP contribution in [0.25, 0.3) is 10.9 Å². The van der Waals surface area contributed by atoms with E-state index in [0.717, 1.165) is 12.8 Å². The van der Waals surface area contributed by atoms with E-state index >= 15 is 0 Å². The second-order valence-electron chi connectivity index (χ2n) is 4.24. The molecule has 2 heterocycles. The third-order valence-electron chi connectivity index (χ3n) is 3.02. The molecule has 0 unspecified atom stereocenters. The molecular weight excluding hydrogens is 208 g/mol. The molecule has 0 saturated carbocycles. The molecule has 0 amide bonds. The molecule has 1 N–H and O–H groups in total. The van der Waals surface area contributed by atoms with Crippen LogP contribution in [0, 0.1) is 0 Å². The third-order valence-corrected chi connectivity index (χ3v) is 3.02. The van der Waals surface area contributed by atoms with Crippen LogP contribution in [0.5, 0.6) is 0 Å². The Morgan fingerprint density at radius 3 is 2.59 bits per heavy atom. The highest BCUT2D eigenvalue weighted by atomic mass is 14.7. The summed E-state index contributed by atoms with van der Waals surface area (Å²) in [6, 6.07) is 14.8. The Morgan fingerprint density at radius 1 is 0.941 bits per heavy atom. The lowest BCUT2D eigenvalue weighted by atomic mass is 10.1. The number of aromatic amines is 1. The van der Waals surface area contributed by atoms with Crippen molar-refractivity contribution in [3.63, 3.8) is 0 Å². The van der Waals surface area contributed by atoms with Gasteiger partial charge < -0.3 is 4.98 Å². The molecule has 84 valence electrons. The second kappa shape index (κ2) is 4.42. The van der Waals surface area contributed by atoms with E-state index in [9.17, 15) is 0 Å². The van der Waals surface area contributed by atoms with E-state index in [2.05, 4.69) is 52.4 Å². The molecule has 0 atom stereocenters. The zero-order chi connectivity index (χ0) is 11.5. The molecule has 0 spiro atoms. The van der Waals surface area contributed by atoms with Crippen molar-refractivity contribution in [3.05, 3.63) is 66.1 Å². The minimum absolute atomic E-state index is 1.04. The standard InChI is InChI=1S/C15H14N2/c1-2-4-15-13(3-1)11-14(17-15)6-5-12-7-9-16-10-8-12/h1-4,7-11,17H,5-6H2. The summed E-state index contributed by atoms with van der Waals surface area (Å²) < 4.78 is 0. The number of rotatable bonds is 3. The lowest BCUT2D eigenvalue weighted by Gasteiger charge is -1.98. The van der Waals surface area contributed by atoms with Gasteiger partial charge in [-0.25, -0.2) is 0 Å². The van der Waals surface area contributed by atoms with Gasteiger partial charge in [0, 0.05) is 23.6 Å². The number of nitrogens with one attached hydrogen (secondary N) is 1. The summed E-state index contributed by atoms with van der Waals surface area (Å²) in [5, 5.41) is 1.29. The highest BCUT2D eigenvalue weighted by molar-refractivity contribution is 5.80. The van der Waals surface area contributed by atoms with Crippen LogP contribution in [-0.4, -0.2) is 9.97 Å². The van der Waals surface area contributed by atoms with Crippen LogP contribution in [-0.2, 0) is 12.8 Å². The lowest BCUT2D eigenvalue weighted by molar-refractivity contribution is 0.926. The number of hydrogen-bond donors (Lipinski definition) is 1. The van der Waals surface area contributed by atoms with Crippen LogP contribution >= 0.6 is 0 Å². The Kier molecular flexibility index (Phi) is 2.62. The topological polar surface area (TPSA) is 28.7 Å². The number of hydrogen-bond acceptors (Lipinski definition) is 1. The van der Waals surface area contributed by atoms with Crippen molar-refractivity contribution in [1.29, 1.82) is 0 Å². The maximum Gasteiger partial charge on any atom is 0.0456 e. The molecule has 2 nitrogen and oxygen atoms in total. The van der Waals surface area contributed by atoms with Gasteiger partial charge in [-0.05, 0) is 48.1 Å². The predicted molar refractivity (Wildman–Crippen MR) is 69.9 cm³/mol. The molecule has 3 aromatic rings. The summed E-state index contributed by atoms with van der Waals surface area (Å²) in [5.41, 5.74) is 3.85. The average Bonchev–Trinajstić information content (AvgIpc) is 2.80. The smallest absolute Gasteiger partial charge is 0.0456 e. The molecule has 0 aliphatic rings. The molecule has 2 aromatic heterocycles. The van der Waals surface area contributed by atoms with E-state index in [1.807, 2.05) is 12.4 Å². The first-order valence-electron chi connectivity index (χ1n) is 5.87. The van der Waals surface area contributed by atoms with Gasteiger partial charge in [-0.2, -0.15) is 0 Å². The van der Waals surface area contributed by atoms with E-state index in [0.29, 0.717) is 0 Å². The predicted octanol–water partition coefficient (Wildman–Crippen LogP) is 3.35. The van der Waals surface area contributed by atoms with E-state index in [1.165, 1.54) is 22.2 Å². The molecule has 0 bridgehead atoms. The summed E-state index contributed by atoms with van der Waals surface area (Å²) >= 11 is 0. The normalized spacial score (nSPS) is 10.8. The SMILES string of the molecule is c1ccc2[nH]c(CCc3ccncc3)cc2c1. The summed E-state index contributed by atoms with van der Waals surface area (Å²) in [4.78, 5) is 7.48. The first-order valence-corrected chi connectivity index (χ1v) is 5.87. The maximum atomic E-state index is 4.03. The van der Waals surface area contributed by atoms with Gasteiger partial charge in [0.15, 0.2) is 0 Å². The van der Waals surface area contributed by atoms with Crippen molar-refractivity contribution in [1.82, 2.24) is 9.97 Å². The Bertz CT molecular complexity index is 578. The zero-order valence-corrected chi connectivity index (χ0v) is 9.56. The summed E-state index contributed by atoms with van der Waals surface area (Å²) in [6.45, 7) is 0. The molecule has 3 rings (SSSR count). The molecule has 0 saturated heterocycles. The van der Waals surface area contributed by atoms with Gasteiger partial charge in [-0.3, -0.25) is 4.98 Å². The number of nitrogens with zero attached hydrogens (tertiary/aromatic N) is 1. The van der Waals surface area contributed by atoms with E-state index in [4.69, 9.17) is 0 Å². The molecule has 0 aliphatic carbocycles. The fourth-order valence-corrected chi connectivity index (χ4v) is 2.10. The summed E-state index contributed by atoms with van der Waals surface area (Å²) in [6.07, 6.45) is 5.79. The van der Waals surface area contributed by atoms with Crippen molar-refractivity contribution < 1.29 is 0 Å². The van der Waals surface area contributed by atoms with Gasteiger partial charge in [-0.15, -0.1) is 0 Å². The Balaban J connectivity index is 1.77. The molecule has 0 fully saturated rings. The fraction of sp³-hybridized carbons (Fsp3) is 0.133. The van der Waals surface area contributed by atoms with Crippen molar-refractivity contribution in [2.24, 2.45) is 0 Å². The van der Waals surface area contributed by atoms with Crippen molar-refractivity contribution >= 4 is 10.9 Å². The average molecular weight is 222 g/mol. The maximum absolute atomic E-state index is 4.03. The van der Waals surface area contributed by atoms with Gasteiger partial charge in [-0.1, -0.05) is 18.2 Å². The van der Waals surface area contributed by atoms with Gasteiger partial charge in [0.05, 0.1) is 0 Å². The zero-order valence-electron chi connectivity index (χ0n) is 9.56. The number of aryl methyl sites for hydroxylation is 2. The summed E-state index contributed by atoms with van der Waals surface area (Å²) in [5.74, 6) is 0. The fourth-order valence-electron chi connectivity index (χ4n) is 2.10. The highest BCUT2D eigenvalue weighted by Gasteiger charge is 2.00. The number of H-pyrrole nitrogens is 1. The van der Waals surface area contributed by atoms with E-state index in [-0.39, 0.29) is 0 Å².